The van der Waals surface area contributed by atoms with Crippen molar-refractivity contribution in [2.45, 2.75) is 277 Å². The summed E-state index contributed by atoms with van der Waals surface area (Å²) in [4.78, 5) is 38.0. The number of esters is 3. The lowest BCUT2D eigenvalue weighted by Gasteiger charge is -2.18. The molecule has 0 aliphatic rings. The van der Waals surface area contributed by atoms with Gasteiger partial charge in [-0.15, -0.1) is 0 Å². The van der Waals surface area contributed by atoms with E-state index in [2.05, 4.69) is 81.5 Å². The standard InChI is InChI=1S/C58H102O6/c1-4-7-10-13-16-19-22-24-26-28-30-31-33-36-39-42-45-48-51-57(60)63-54-55(53-62-56(59)50-47-44-41-38-35-21-18-15-12-9-6-3)64-58(61)52-49-46-43-40-37-34-32-29-27-25-23-20-17-14-11-8-5-2/h8,11,17,20,25,27,32,34,40,43,55H,4-7,9-10,12-16,18-19,21-24,26,28-31,33,35-39,41-42,44-54H2,1-3H3/b11-8-,20-17-,27-25-,34-32-,43-40-/t55-/m1/s1. The van der Waals surface area contributed by atoms with E-state index < -0.39 is 6.10 Å². The van der Waals surface area contributed by atoms with Crippen LogP contribution in [-0.2, 0) is 28.6 Å². The maximum Gasteiger partial charge on any atom is 0.306 e. The number of hydrogen-bond acceptors (Lipinski definition) is 6. The summed E-state index contributed by atoms with van der Waals surface area (Å²) in [5, 5.41) is 0. The minimum atomic E-state index is -0.799. The van der Waals surface area contributed by atoms with Crippen LogP contribution in [0.4, 0.5) is 0 Å². The molecule has 64 heavy (non-hydrogen) atoms. The summed E-state index contributed by atoms with van der Waals surface area (Å²) in [6.45, 7) is 6.49. The minimum Gasteiger partial charge on any atom is -0.462 e. The van der Waals surface area contributed by atoms with E-state index in [4.69, 9.17) is 14.2 Å². The maximum atomic E-state index is 12.8. The number of carbonyl (C=O) groups is 3. The Balaban J connectivity index is 4.40. The Morgan fingerprint density at radius 2 is 0.609 bits per heavy atom. The van der Waals surface area contributed by atoms with Crippen molar-refractivity contribution in [1.29, 1.82) is 0 Å². The Morgan fingerprint density at radius 1 is 0.328 bits per heavy atom. The number of carbonyl (C=O) groups excluding carboxylic acids is 3. The molecule has 0 saturated carbocycles. The monoisotopic (exact) mass is 895 g/mol. The molecule has 0 fully saturated rings. The molecular formula is C58H102O6. The fourth-order valence-electron chi connectivity index (χ4n) is 7.71. The molecule has 6 nitrogen and oxygen atoms in total. The Hall–Kier alpha value is -2.89. The highest BCUT2D eigenvalue weighted by atomic mass is 16.6. The van der Waals surface area contributed by atoms with E-state index in [0.717, 1.165) is 77.0 Å². The number of allylic oxidation sites excluding steroid dienone is 10. The fraction of sp³-hybridized carbons (Fsp3) is 0.776. The highest BCUT2D eigenvalue weighted by Crippen LogP contribution is 2.16. The molecular weight excluding hydrogens is 793 g/mol. The van der Waals surface area contributed by atoms with Gasteiger partial charge in [0.1, 0.15) is 13.2 Å². The van der Waals surface area contributed by atoms with E-state index in [-0.39, 0.29) is 37.5 Å². The van der Waals surface area contributed by atoms with Gasteiger partial charge >= 0.3 is 17.9 Å². The van der Waals surface area contributed by atoms with Gasteiger partial charge in [-0.3, -0.25) is 14.4 Å². The van der Waals surface area contributed by atoms with Gasteiger partial charge < -0.3 is 14.2 Å². The van der Waals surface area contributed by atoms with Crippen LogP contribution in [0.3, 0.4) is 0 Å². The van der Waals surface area contributed by atoms with Crippen molar-refractivity contribution in [1.82, 2.24) is 0 Å². The van der Waals surface area contributed by atoms with Gasteiger partial charge in [0.2, 0.25) is 0 Å². The lowest BCUT2D eigenvalue weighted by atomic mass is 10.0. The van der Waals surface area contributed by atoms with E-state index >= 15 is 0 Å². The van der Waals surface area contributed by atoms with Crippen LogP contribution in [0.5, 0.6) is 0 Å². The second kappa shape index (κ2) is 52.7. The molecule has 0 bridgehead atoms. The van der Waals surface area contributed by atoms with E-state index in [0.29, 0.717) is 19.3 Å². The van der Waals surface area contributed by atoms with Gasteiger partial charge in [0.05, 0.1) is 0 Å². The molecule has 0 aromatic heterocycles. The van der Waals surface area contributed by atoms with Gasteiger partial charge in [0.15, 0.2) is 6.10 Å². The van der Waals surface area contributed by atoms with E-state index in [9.17, 15) is 14.4 Å². The molecule has 0 aromatic carbocycles. The van der Waals surface area contributed by atoms with Gasteiger partial charge in [-0.05, 0) is 57.8 Å². The van der Waals surface area contributed by atoms with Crippen molar-refractivity contribution >= 4 is 17.9 Å². The molecule has 0 rings (SSSR count). The van der Waals surface area contributed by atoms with Crippen molar-refractivity contribution < 1.29 is 28.6 Å². The van der Waals surface area contributed by atoms with Crippen LogP contribution in [-0.4, -0.2) is 37.2 Å². The van der Waals surface area contributed by atoms with Crippen LogP contribution < -0.4 is 0 Å². The lowest BCUT2D eigenvalue weighted by molar-refractivity contribution is -0.167. The van der Waals surface area contributed by atoms with Crippen LogP contribution in [0.2, 0.25) is 0 Å². The summed E-state index contributed by atoms with van der Waals surface area (Å²) < 4.78 is 16.8. The van der Waals surface area contributed by atoms with E-state index in [1.54, 1.807) is 0 Å². The highest BCUT2D eigenvalue weighted by Gasteiger charge is 2.19. The van der Waals surface area contributed by atoms with Crippen LogP contribution in [0.25, 0.3) is 0 Å². The van der Waals surface area contributed by atoms with Gasteiger partial charge in [-0.2, -0.15) is 0 Å². The quantitative estimate of drug-likeness (QED) is 0.0262. The maximum absolute atomic E-state index is 12.8. The topological polar surface area (TPSA) is 78.9 Å². The molecule has 0 unspecified atom stereocenters. The molecule has 0 radical (unpaired) electrons. The largest absolute Gasteiger partial charge is 0.462 e. The first kappa shape index (κ1) is 61.1. The molecule has 0 spiro atoms. The summed E-state index contributed by atoms with van der Waals surface area (Å²) in [7, 11) is 0. The summed E-state index contributed by atoms with van der Waals surface area (Å²) in [5.41, 5.74) is 0. The summed E-state index contributed by atoms with van der Waals surface area (Å²) in [6.07, 6.45) is 65.0. The second-order valence-corrected chi connectivity index (χ2v) is 18.1. The van der Waals surface area contributed by atoms with Crippen LogP contribution in [0.1, 0.15) is 271 Å². The average molecular weight is 895 g/mol. The van der Waals surface area contributed by atoms with Gasteiger partial charge in [-0.1, -0.05) is 255 Å². The van der Waals surface area contributed by atoms with Crippen LogP contribution in [0.15, 0.2) is 60.8 Å². The van der Waals surface area contributed by atoms with Gasteiger partial charge in [0, 0.05) is 19.3 Å². The van der Waals surface area contributed by atoms with Gasteiger partial charge in [-0.25, -0.2) is 0 Å². The first-order valence-electron chi connectivity index (χ1n) is 27.3. The van der Waals surface area contributed by atoms with Crippen molar-refractivity contribution in [3.05, 3.63) is 60.8 Å². The molecule has 0 saturated heterocycles. The van der Waals surface area contributed by atoms with Crippen molar-refractivity contribution in [3.8, 4) is 0 Å². The molecule has 0 aliphatic heterocycles. The molecule has 6 heteroatoms. The third-order valence-electron chi connectivity index (χ3n) is 11.8. The van der Waals surface area contributed by atoms with Gasteiger partial charge in [0.25, 0.3) is 0 Å². The predicted octanol–water partition coefficient (Wildman–Crippen LogP) is 18.0. The van der Waals surface area contributed by atoms with Crippen LogP contribution >= 0.6 is 0 Å². The molecule has 370 valence electrons. The van der Waals surface area contributed by atoms with Crippen molar-refractivity contribution in [2.75, 3.05) is 13.2 Å². The average Bonchev–Trinajstić information content (AvgIpc) is 3.29. The summed E-state index contributed by atoms with van der Waals surface area (Å²) >= 11 is 0. The zero-order valence-corrected chi connectivity index (χ0v) is 42.3. The zero-order chi connectivity index (χ0) is 46.5. The van der Waals surface area contributed by atoms with Crippen molar-refractivity contribution in [3.63, 3.8) is 0 Å². The van der Waals surface area contributed by atoms with Crippen molar-refractivity contribution in [2.24, 2.45) is 0 Å². The second-order valence-electron chi connectivity index (χ2n) is 18.1. The smallest absolute Gasteiger partial charge is 0.306 e. The zero-order valence-electron chi connectivity index (χ0n) is 42.3. The Bertz CT molecular complexity index is 1170. The summed E-state index contributed by atoms with van der Waals surface area (Å²) in [6, 6.07) is 0. The third-order valence-corrected chi connectivity index (χ3v) is 11.8. The molecule has 0 N–H and O–H groups in total. The third kappa shape index (κ3) is 50.1. The van der Waals surface area contributed by atoms with E-state index in [1.165, 1.54) is 148 Å². The number of hydrogen-bond donors (Lipinski definition) is 0. The van der Waals surface area contributed by atoms with Crippen LogP contribution in [0, 0.1) is 0 Å². The predicted molar refractivity (Wildman–Crippen MR) is 275 cm³/mol. The molecule has 0 aromatic rings. The van der Waals surface area contributed by atoms with E-state index in [1.807, 2.05) is 0 Å². The number of rotatable bonds is 49. The Morgan fingerprint density at radius 3 is 0.938 bits per heavy atom. The fourth-order valence-corrected chi connectivity index (χ4v) is 7.71. The highest BCUT2D eigenvalue weighted by molar-refractivity contribution is 5.71. The first-order chi connectivity index (χ1) is 31.5. The molecule has 0 amide bonds. The molecule has 0 heterocycles. The Kier molecular flexibility index (Phi) is 50.4. The Labute approximate surface area is 396 Å². The SMILES string of the molecule is CC/C=C\C/C=C\C/C=C\C/C=C\C/C=C\CCCC(=O)O[C@H](COC(=O)CCCCCCCCCCCCC)COC(=O)CCCCCCCCCCCCCCCCCCCC. The lowest BCUT2D eigenvalue weighted by Crippen LogP contribution is -2.30. The molecule has 1 atom stereocenters. The minimum absolute atomic E-state index is 0.0931. The number of unbranched alkanes of at least 4 members (excludes halogenated alkanes) is 28. The first-order valence-corrected chi connectivity index (χ1v) is 27.3. The molecule has 0 aliphatic carbocycles. The summed E-state index contributed by atoms with van der Waals surface area (Å²) in [5.74, 6) is -0.943. The normalized spacial score (nSPS) is 12.5. The number of ether oxygens (including phenoxy) is 3.